The van der Waals surface area contributed by atoms with Crippen molar-refractivity contribution < 1.29 is 9.53 Å². The number of carbonyl (C=O) groups excluding carboxylic acids is 1. The van der Waals surface area contributed by atoms with Gasteiger partial charge in [0.15, 0.2) is 0 Å². The third kappa shape index (κ3) is 3.64. The third-order valence-electron chi connectivity index (χ3n) is 2.77. The van der Waals surface area contributed by atoms with Gasteiger partial charge in [-0.1, -0.05) is 6.92 Å². The molecular weight excluding hydrogens is 276 g/mol. The van der Waals surface area contributed by atoms with Crippen LogP contribution < -0.4 is 10.6 Å². The molecule has 2 heterocycles. The molecule has 0 fully saturated rings. The molecule has 0 aliphatic carbocycles. The smallest absolute Gasteiger partial charge is 0.239 e. The Kier molecular flexibility index (Phi) is 5.25. The van der Waals surface area contributed by atoms with Crippen molar-refractivity contribution in [1.29, 1.82) is 0 Å². The monoisotopic (exact) mass is 294 g/mol. The summed E-state index contributed by atoms with van der Waals surface area (Å²) in [5, 5.41) is 6.78. The second-order valence-corrected chi connectivity index (χ2v) is 5.32. The summed E-state index contributed by atoms with van der Waals surface area (Å²) >= 11 is 1.65. The van der Waals surface area contributed by atoms with Gasteiger partial charge in [0.05, 0.1) is 18.5 Å². The molecule has 0 aliphatic rings. The Bertz CT molecular complexity index is 585. The second-order valence-electron chi connectivity index (χ2n) is 4.20. The minimum Gasteiger partial charge on any atom is -0.383 e. The molecule has 0 unspecified atom stereocenters. The number of hydrogen-bond donors (Lipinski definition) is 2. The number of nitrogens with one attached hydrogen (secondary N) is 2. The summed E-state index contributed by atoms with van der Waals surface area (Å²) in [6.45, 7) is 3.31. The Morgan fingerprint density at radius 3 is 3.05 bits per heavy atom. The maximum atomic E-state index is 11.6. The molecule has 2 aromatic heterocycles. The van der Waals surface area contributed by atoms with Gasteiger partial charge in [-0.2, -0.15) is 0 Å². The molecule has 2 rings (SSSR count). The quantitative estimate of drug-likeness (QED) is 0.756. The first-order chi connectivity index (χ1) is 9.74. The van der Waals surface area contributed by atoms with Crippen molar-refractivity contribution in [2.45, 2.75) is 13.3 Å². The van der Waals surface area contributed by atoms with Gasteiger partial charge >= 0.3 is 0 Å². The summed E-state index contributed by atoms with van der Waals surface area (Å²) in [7, 11) is 1.60. The molecule has 0 atom stereocenters. The van der Waals surface area contributed by atoms with Crippen molar-refractivity contribution in [1.82, 2.24) is 15.3 Å². The number of amides is 1. The number of hydrogen-bond acceptors (Lipinski definition) is 6. The van der Waals surface area contributed by atoms with Crippen LogP contribution in [-0.2, 0) is 16.0 Å². The fourth-order valence-electron chi connectivity index (χ4n) is 1.74. The maximum absolute atomic E-state index is 11.6. The van der Waals surface area contributed by atoms with Gasteiger partial charge in [-0.25, -0.2) is 9.97 Å². The lowest BCUT2D eigenvalue weighted by Gasteiger charge is -2.07. The van der Waals surface area contributed by atoms with Gasteiger partial charge in [0.25, 0.3) is 0 Å². The predicted octanol–water partition coefficient (Wildman–Crippen LogP) is 1.43. The lowest BCUT2D eigenvalue weighted by Crippen LogP contribution is -2.32. The van der Waals surface area contributed by atoms with Gasteiger partial charge in [-0.3, -0.25) is 4.79 Å². The highest BCUT2D eigenvalue weighted by Gasteiger charge is 2.09. The number of methoxy groups -OCH3 is 1. The van der Waals surface area contributed by atoms with E-state index in [0.29, 0.717) is 19.0 Å². The molecule has 2 aromatic rings. The Morgan fingerprint density at radius 1 is 1.45 bits per heavy atom. The molecule has 6 nitrogen and oxygen atoms in total. The fourth-order valence-corrected chi connectivity index (χ4v) is 2.67. The number of ether oxygens (including phenoxy) is 1. The van der Waals surface area contributed by atoms with Crippen LogP contribution >= 0.6 is 11.3 Å². The van der Waals surface area contributed by atoms with Crippen molar-refractivity contribution in [3.05, 3.63) is 17.3 Å². The zero-order valence-corrected chi connectivity index (χ0v) is 12.4. The highest BCUT2D eigenvalue weighted by atomic mass is 32.1. The number of carbonyl (C=O) groups is 1. The standard InChI is InChI=1S/C13H18N4O2S/c1-3-9-6-10-12(16-8-17-13(10)20-9)15-7-11(18)14-4-5-19-2/h6,8H,3-5,7H2,1-2H3,(H,14,18)(H,15,16,17). The lowest BCUT2D eigenvalue weighted by molar-refractivity contribution is -0.119. The number of fused-ring (bicyclic) bond motifs is 1. The van der Waals surface area contributed by atoms with Gasteiger partial charge in [0.2, 0.25) is 5.91 Å². The number of thiophene rings is 1. The van der Waals surface area contributed by atoms with Gasteiger partial charge < -0.3 is 15.4 Å². The van der Waals surface area contributed by atoms with E-state index in [-0.39, 0.29) is 12.5 Å². The molecule has 1 amide bonds. The minimum atomic E-state index is -0.0836. The van der Waals surface area contributed by atoms with E-state index in [9.17, 15) is 4.79 Å². The summed E-state index contributed by atoms with van der Waals surface area (Å²) in [4.78, 5) is 22.3. The van der Waals surface area contributed by atoms with Crippen LogP contribution in [0.3, 0.4) is 0 Å². The van der Waals surface area contributed by atoms with E-state index in [4.69, 9.17) is 4.74 Å². The Morgan fingerprint density at radius 2 is 2.30 bits per heavy atom. The van der Waals surface area contributed by atoms with Crippen LogP contribution in [0.15, 0.2) is 12.4 Å². The highest BCUT2D eigenvalue weighted by molar-refractivity contribution is 7.18. The Balaban J connectivity index is 1.99. The molecule has 0 radical (unpaired) electrons. The van der Waals surface area contributed by atoms with Crippen LogP contribution in [0.2, 0.25) is 0 Å². The molecule has 0 bridgehead atoms. The van der Waals surface area contributed by atoms with Crippen molar-refractivity contribution in [3.63, 3.8) is 0 Å². The Labute approximate surface area is 121 Å². The van der Waals surface area contributed by atoms with E-state index >= 15 is 0 Å². The van der Waals surface area contributed by atoms with Crippen LogP contribution in [0.5, 0.6) is 0 Å². The fraction of sp³-hybridized carbons (Fsp3) is 0.462. The SMILES string of the molecule is CCc1cc2c(NCC(=O)NCCOC)ncnc2s1. The first-order valence-corrected chi connectivity index (χ1v) is 7.29. The largest absolute Gasteiger partial charge is 0.383 e. The summed E-state index contributed by atoms with van der Waals surface area (Å²) in [5.74, 6) is 0.618. The lowest BCUT2D eigenvalue weighted by atomic mass is 10.3. The topological polar surface area (TPSA) is 76.1 Å². The van der Waals surface area contributed by atoms with Crippen LogP contribution in [0, 0.1) is 0 Å². The average Bonchev–Trinajstić information content (AvgIpc) is 2.89. The van der Waals surface area contributed by atoms with Crippen molar-refractivity contribution >= 4 is 33.3 Å². The van der Waals surface area contributed by atoms with Crippen molar-refractivity contribution in [2.24, 2.45) is 0 Å². The molecule has 0 saturated heterocycles. The second kappa shape index (κ2) is 7.16. The molecule has 20 heavy (non-hydrogen) atoms. The maximum Gasteiger partial charge on any atom is 0.239 e. The summed E-state index contributed by atoms with van der Waals surface area (Å²) < 4.78 is 4.87. The van der Waals surface area contributed by atoms with Crippen molar-refractivity contribution in [3.8, 4) is 0 Å². The van der Waals surface area contributed by atoms with E-state index in [1.807, 2.05) is 0 Å². The van der Waals surface area contributed by atoms with E-state index < -0.39 is 0 Å². The minimum absolute atomic E-state index is 0.0836. The van der Waals surface area contributed by atoms with Gasteiger partial charge in [0, 0.05) is 18.5 Å². The van der Waals surface area contributed by atoms with Crippen LogP contribution in [0.25, 0.3) is 10.2 Å². The normalized spacial score (nSPS) is 10.7. The number of aryl methyl sites for hydroxylation is 1. The molecule has 0 aliphatic heterocycles. The number of nitrogens with zero attached hydrogens (tertiary/aromatic N) is 2. The zero-order valence-electron chi connectivity index (χ0n) is 11.6. The predicted molar refractivity (Wildman–Crippen MR) is 80.2 cm³/mol. The summed E-state index contributed by atoms with van der Waals surface area (Å²) in [6, 6.07) is 2.07. The van der Waals surface area contributed by atoms with E-state index in [0.717, 1.165) is 16.6 Å². The van der Waals surface area contributed by atoms with Gasteiger partial charge in [-0.05, 0) is 12.5 Å². The van der Waals surface area contributed by atoms with E-state index in [2.05, 4.69) is 33.6 Å². The molecule has 0 aromatic carbocycles. The van der Waals surface area contributed by atoms with Gasteiger partial charge in [0.1, 0.15) is 17.0 Å². The number of rotatable bonds is 7. The molecule has 108 valence electrons. The molecule has 7 heteroatoms. The molecule has 2 N–H and O–H groups in total. The van der Waals surface area contributed by atoms with Crippen LogP contribution in [0.4, 0.5) is 5.82 Å². The van der Waals surface area contributed by atoms with Crippen LogP contribution in [0.1, 0.15) is 11.8 Å². The first kappa shape index (κ1) is 14.7. The molecule has 0 spiro atoms. The summed E-state index contributed by atoms with van der Waals surface area (Å²) in [6.07, 6.45) is 2.49. The van der Waals surface area contributed by atoms with Crippen LogP contribution in [-0.4, -0.2) is 42.7 Å². The summed E-state index contributed by atoms with van der Waals surface area (Å²) in [5.41, 5.74) is 0. The molecule has 0 saturated carbocycles. The highest BCUT2D eigenvalue weighted by Crippen LogP contribution is 2.28. The van der Waals surface area contributed by atoms with E-state index in [1.165, 1.54) is 11.2 Å². The van der Waals surface area contributed by atoms with E-state index in [1.54, 1.807) is 18.4 Å². The van der Waals surface area contributed by atoms with Crippen molar-refractivity contribution in [2.75, 3.05) is 32.1 Å². The first-order valence-electron chi connectivity index (χ1n) is 6.47. The zero-order chi connectivity index (χ0) is 14.4. The molecular formula is C13H18N4O2S. The van der Waals surface area contributed by atoms with Gasteiger partial charge in [-0.15, -0.1) is 11.3 Å². The average molecular weight is 294 g/mol. The third-order valence-corrected chi connectivity index (χ3v) is 3.96. The Hall–Kier alpha value is -1.73. The number of anilines is 1. The number of aromatic nitrogens is 2.